The number of anilines is 2. The van der Waals surface area contributed by atoms with Crippen LogP contribution in [0.3, 0.4) is 0 Å². The monoisotopic (exact) mass is 227 g/mol. The van der Waals surface area contributed by atoms with Crippen LogP contribution in [0.4, 0.5) is 11.5 Å². The number of halogens is 1. The van der Waals surface area contributed by atoms with Gasteiger partial charge in [-0.15, -0.1) is 0 Å². The molecule has 12 heavy (non-hydrogen) atoms. The van der Waals surface area contributed by atoms with Crippen LogP contribution in [0.25, 0.3) is 0 Å². The third-order valence-corrected chi connectivity index (χ3v) is 2.45. The summed E-state index contributed by atoms with van der Waals surface area (Å²) in [5.74, 6) is 0.921. The zero-order chi connectivity index (χ0) is 8.55. The molecule has 0 atom stereocenters. The summed E-state index contributed by atoms with van der Waals surface area (Å²) in [6.07, 6.45) is 3.03. The molecule has 0 aromatic carbocycles. The molecule has 1 aliphatic heterocycles. The van der Waals surface area contributed by atoms with Crippen molar-refractivity contribution in [1.82, 2.24) is 4.98 Å². The van der Waals surface area contributed by atoms with Gasteiger partial charge in [0, 0.05) is 23.8 Å². The Hall–Kier alpha value is -0.770. The van der Waals surface area contributed by atoms with Crippen molar-refractivity contribution in [1.29, 1.82) is 0 Å². The number of hydrogen-bond acceptors (Lipinski definition) is 3. The summed E-state index contributed by atoms with van der Waals surface area (Å²) in [6.45, 7) is 2.16. The summed E-state index contributed by atoms with van der Waals surface area (Å²) in [6, 6.07) is 1.89. The molecule has 0 aliphatic carbocycles. The Balaban J connectivity index is 2.31. The fourth-order valence-electron chi connectivity index (χ4n) is 1.24. The minimum absolute atomic E-state index is 0.754. The molecule has 1 fully saturated rings. The number of nitrogens with zero attached hydrogens (tertiary/aromatic N) is 2. The van der Waals surface area contributed by atoms with Crippen molar-refractivity contribution in [3.8, 4) is 0 Å². The highest BCUT2D eigenvalue weighted by atomic mass is 79.9. The third-order valence-electron chi connectivity index (χ3n) is 2.02. The van der Waals surface area contributed by atoms with Crippen LogP contribution < -0.4 is 10.6 Å². The van der Waals surface area contributed by atoms with E-state index in [1.807, 2.05) is 6.07 Å². The summed E-state index contributed by atoms with van der Waals surface area (Å²) in [5.41, 5.74) is 6.55. The zero-order valence-corrected chi connectivity index (χ0v) is 8.21. The molecule has 0 radical (unpaired) electrons. The molecule has 1 saturated heterocycles. The molecule has 1 aromatic heterocycles. The highest BCUT2D eigenvalue weighted by Crippen LogP contribution is 2.26. The van der Waals surface area contributed by atoms with Gasteiger partial charge in [0.2, 0.25) is 0 Å². The predicted octanol–water partition coefficient (Wildman–Crippen LogP) is 1.64. The first-order valence-corrected chi connectivity index (χ1v) is 4.72. The molecule has 3 nitrogen and oxygen atoms in total. The van der Waals surface area contributed by atoms with Crippen LogP contribution in [0.1, 0.15) is 6.42 Å². The van der Waals surface area contributed by atoms with E-state index in [4.69, 9.17) is 5.73 Å². The Kier molecular flexibility index (Phi) is 1.92. The van der Waals surface area contributed by atoms with Gasteiger partial charge in [-0.1, -0.05) is 0 Å². The van der Waals surface area contributed by atoms with Crippen LogP contribution in [0.5, 0.6) is 0 Å². The Morgan fingerprint density at radius 3 is 2.75 bits per heavy atom. The maximum absolute atomic E-state index is 5.80. The van der Waals surface area contributed by atoms with E-state index < -0.39 is 0 Å². The first kappa shape index (κ1) is 7.86. The standard InChI is InChI=1S/C8H10BrN3/c9-6-4-7(10)8(11-5-6)12-2-1-3-12/h4-5H,1-3,10H2. The molecule has 0 saturated carbocycles. The van der Waals surface area contributed by atoms with E-state index in [9.17, 15) is 0 Å². The maximum atomic E-state index is 5.80. The fraction of sp³-hybridized carbons (Fsp3) is 0.375. The first-order valence-electron chi connectivity index (χ1n) is 3.93. The topological polar surface area (TPSA) is 42.1 Å². The van der Waals surface area contributed by atoms with E-state index >= 15 is 0 Å². The van der Waals surface area contributed by atoms with Crippen LogP contribution in [0.15, 0.2) is 16.7 Å². The van der Waals surface area contributed by atoms with Gasteiger partial charge in [0.15, 0.2) is 5.82 Å². The number of nitrogen functional groups attached to an aromatic ring is 1. The van der Waals surface area contributed by atoms with Crippen LogP contribution in [-0.4, -0.2) is 18.1 Å². The molecular formula is C8H10BrN3. The van der Waals surface area contributed by atoms with E-state index in [0.29, 0.717) is 0 Å². The number of hydrogen-bond donors (Lipinski definition) is 1. The van der Waals surface area contributed by atoms with Gasteiger partial charge in [-0.3, -0.25) is 0 Å². The second-order valence-corrected chi connectivity index (χ2v) is 3.82. The van der Waals surface area contributed by atoms with Gasteiger partial charge in [-0.25, -0.2) is 4.98 Å². The molecule has 0 amide bonds. The summed E-state index contributed by atoms with van der Waals surface area (Å²) in [4.78, 5) is 6.44. The van der Waals surface area contributed by atoms with E-state index in [1.54, 1.807) is 6.20 Å². The summed E-state index contributed by atoms with van der Waals surface area (Å²) >= 11 is 3.32. The number of pyridine rings is 1. The predicted molar refractivity (Wildman–Crippen MR) is 53.2 cm³/mol. The molecular weight excluding hydrogens is 218 g/mol. The van der Waals surface area contributed by atoms with Gasteiger partial charge in [-0.05, 0) is 28.4 Å². The Labute approximate surface area is 79.7 Å². The van der Waals surface area contributed by atoms with Gasteiger partial charge in [0.05, 0.1) is 5.69 Å². The second kappa shape index (κ2) is 2.94. The van der Waals surface area contributed by atoms with Gasteiger partial charge in [0.25, 0.3) is 0 Å². The quantitative estimate of drug-likeness (QED) is 0.794. The molecule has 2 rings (SSSR count). The van der Waals surface area contributed by atoms with Gasteiger partial charge in [-0.2, -0.15) is 0 Å². The minimum atomic E-state index is 0.754. The largest absolute Gasteiger partial charge is 0.396 e. The normalized spacial score (nSPS) is 15.9. The van der Waals surface area contributed by atoms with E-state index in [2.05, 4.69) is 25.8 Å². The van der Waals surface area contributed by atoms with Crippen molar-refractivity contribution in [2.45, 2.75) is 6.42 Å². The highest BCUT2D eigenvalue weighted by molar-refractivity contribution is 9.10. The molecule has 0 bridgehead atoms. The number of aromatic nitrogens is 1. The molecule has 2 heterocycles. The van der Waals surface area contributed by atoms with Crippen molar-refractivity contribution < 1.29 is 0 Å². The van der Waals surface area contributed by atoms with E-state index in [0.717, 1.165) is 29.1 Å². The Morgan fingerprint density at radius 2 is 2.25 bits per heavy atom. The molecule has 2 N–H and O–H groups in total. The van der Waals surface area contributed by atoms with Gasteiger partial charge >= 0.3 is 0 Å². The number of rotatable bonds is 1. The lowest BCUT2D eigenvalue weighted by molar-refractivity contribution is 0.610. The minimum Gasteiger partial charge on any atom is -0.396 e. The maximum Gasteiger partial charge on any atom is 0.151 e. The fourth-order valence-corrected chi connectivity index (χ4v) is 1.59. The van der Waals surface area contributed by atoms with Crippen molar-refractivity contribution in [3.05, 3.63) is 16.7 Å². The van der Waals surface area contributed by atoms with Crippen LogP contribution >= 0.6 is 15.9 Å². The van der Waals surface area contributed by atoms with E-state index in [-0.39, 0.29) is 0 Å². The smallest absolute Gasteiger partial charge is 0.151 e. The summed E-state index contributed by atoms with van der Waals surface area (Å²) < 4.78 is 0.935. The Bertz CT molecular complexity index is 296. The molecule has 0 spiro atoms. The summed E-state index contributed by atoms with van der Waals surface area (Å²) in [5, 5.41) is 0. The Morgan fingerprint density at radius 1 is 1.50 bits per heavy atom. The third kappa shape index (κ3) is 1.27. The number of nitrogens with two attached hydrogens (primary N) is 1. The lowest BCUT2D eigenvalue weighted by atomic mass is 10.2. The summed E-state index contributed by atoms with van der Waals surface area (Å²) in [7, 11) is 0. The van der Waals surface area contributed by atoms with Crippen LogP contribution in [-0.2, 0) is 0 Å². The SMILES string of the molecule is Nc1cc(Br)cnc1N1CCC1. The zero-order valence-electron chi connectivity index (χ0n) is 6.63. The lowest BCUT2D eigenvalue weighted by Gasteiger charge is -2.32. The van der Waals surface area contributed by atoms with Crippen molar-refractivity contribution in [3.63, 3.8) is 0 Å². The molecule has 64 valence electrons. The lowest BCUT2D eigenvalue weighted by Crippen LogP contribution is -2.38. The molecule has 1 aromatic rings. The van der Waals surface area contributed by atoms with E-state index in [1.165, 1.54) is 6.42 Å². The van der Waals surface area contributed by atoms with Crippen molar-refractivity contribution in [2.24, 2.45) is 0 Å². The first-order chi connectivity index (χ1) is 5.77. The van der Waals surface area contributed by atoms with Gasteiger partial charge in [0.1, 0.15) is 0 Å². The van der Waals surface area contributed by atoms with Crippen molar-refractivity contribution >= 4 is 27.4 Å². The highest BCUT2D eigenvalue weighted by Gasteiger charge is 2.17. The molecule has 1 aliphatic rings. The second-order valence-electron chi connectivity index (χ2n) is 2.91. The van der Waals surface area contributed by atoms with Crippen LogP contribution in [0, 0.1) is 0 Å². The van der Waals surface area contributed by atoms with Crippen LogP contribution in [0.2, 0.25) is 0 Å². The van der Waals surface area contributed by atoms with Crippen molar-refractivity contribution in [2.75, 3.05) is 23.7 Å². The molecule has 0 unspecified atom stereocenters. The average molecular weight is 228 g/mol. The molecule has 4 heteroatoms. The van der Waals surface area contributed by atoms with Gasteiger partial charge < -0.3 is 10.6 Å². The average Bonchev–Trinajstić information content (AvgIpc) is 1.91.